The molecular formula is C11H21N3O2. The van der Waals surface area contributed by atoms with E-state index in [0.717, 1.165) is 32.5 Å². The third-order valence-corrected chi connectivity index (χ3v) is 3.50. The number of ether oxygens (including phenoxy) is 1. The van der Waals surface area contributed by atoms with Crippen LogP contribution in [0.1, 0.15) is 12.8 Å². The van der Waals surface area contributed by atoms with Gasteiger partial charge in [0.25, 0.3) is 0 Å². The van der Waals surface area contributed by atoms with Crippen LogP contribution in [0.4, 0.5) is 0 Å². The maximum atomic E-state index is 11.5. The molecule has 5 heteroatoms. The van der Waals surface area contributed by atoms with Crippen molar-refractivity contribution in [3.63, 3.8) is 0 Å². The Morgan fingerprint density at radius 2 is 2.38 bits per heavy atom. The fraction of sp³-hybridized carbons (Fsp3) is 0.909. The molecule has 2 fully saturated rings. The molecule has 3 N–H and O–H groups in total. The predicted molar refractivity (Wildman–Crippen MR) is 61.0 cm³/mol. The number of nitrogens with one attached hydrogen (secondary N) is 1. The van der Waals surface area contributed by atoms with E-state index in [2.05, 4.69) is 10.2 Å². The first-order valence-electron chi connectivity index (χ1n) is 6.12. The Morgan fingerprint density at radius 3 is 3.19 bits per heavy atom. The van der Waals surface area contributed by atoms with E-state index in [-0.39, 0.29) is 11.8 Å². The van der Waals surface area contributed by atoms with Gasteiger partial charge in [-0.25, -0.2) is 0 Å². The van der Waals surface area contributed by atoms with E-state index in [4.69, 9.17) is 10.5 Å². The minimum atomic E-state index is 0.211. The molecule has 0 aliphatic carbocycles. The smallest absolute Gasteiger partial charge is 0.224 e. The van der Waals surface area contributed by atoms with Crippen LogP contribution in [-0.4, -0.2) is 56.2 Å². The number of amides is 1. The monoisotopic (exact) mass is 227 g/mol. The second-order valence-electron chi connectivity index (χ2n) is 4.50. The van der Waals surface area contributed by atoms with Crippen molar-refractivity contribution in [2.24, 2.45) is 11.7 Å². The quantitative estimate of drug-likeness (QED) is 0.602. The van der Waals surface area contributed by atoms with E-state index in [1.54, 1.807) is 0 Å². The Kier molecular flexibility index (Phi) is 4.15. The number of fused-ring (bicyclic) bond motifs is 1. The van der Waals surface area contributed by atoms with Crippen LogP contribution in [0.3, 0.4) is 0 Å². The standard InChI is InChI=1S/C11H21N3O2/c12-3-6-16-7-5-14-4-1-2-9-10(14)8-13-11(9)15/h9-10H,1-8,12H2,(H,13,15). The van der Waals surface area contributed by atoms with Crippen LogP contribution in [0.2, 0.25) is 0 Å². The molecule has 2 saturated heterocycles. The maximum absolute atomic E-state index is 11.5. The van der Waals surface area contributed by atoms with Crippen LogP contribution in [-0.2, 0) is 9.53 Å². The summed E-state index contributed by atoms with van der Waals surface area (Å²) in [7, 11) is 0. The number of rotatable bonds is 5. The summed E-state index contributed by atoms with van der Waals surface area (Å²) in [4.78, 5) is 13.9. The minimum Gasteiger partial charge on any atom is -0.379 e. The third-order valence-electron chi connectivity index (χ3n) is 3.50. The van der Waals surface area contributed by atoms with Crippen LogP contribution < -0.4 is 11.1 Å². The molecule has 0 aromatic rings. The molecule has 2 atom stereocenters. The highest BCUT2D eigenvalue weighted by atomic mass is 16.5. The molecule has 92 valence electrons. The van der Waals surface area contributed by atoms with Crippen molar-refractivity contribution >= 4 is 5.91 Å². The van der Waals surface area contributed by atoms with Crippen molar-refractivity contribution in [3.8, 4) is 0 Å². The zero-order valence-corrected chi connectivity index (χ0v) is 9.65. The van der Waals surface area contributed by atoms with Crippen LogP contribution in [0.15, 0.2) is 0 Å². The molecule has 16 heavy (non-hydrogen) atoms. The second-order valence-corrected chi connectivity index (χ2v) is 4.50. The number of nitrogens with two attached hydrogens (primary N) is 1. The lowest BCUT2D eigenvalue weighted by Crippen LogP contribution is -2.46. The number of hydrogen-bond acceptors (Lipinski definition) is 4. The van der Waals surface area contributed by atoms with E-state index < -0.39 is 0 Å². The predicted octanol–water partition coefficient (Wildman–Crippen LogP) is -0.828. The molecule has 0 saturated carbocycles. The summed E-state index contributed by atoms with van der Waals surface area (Å²) >= 11 is 0. The van der Waals surface area contributed by atoms with Crippen LogP contribution in [0.5, 0.6) is 0 Å². The Balaban J connectivity index is 1.78. The molecule has 0 aromatic carbocycles. The number of carbonyl (C=O) groups is 1. The van der Waals surface area contributed by atoms with Gasteiger partial charge in [0.15, 0.2) is 0 Å². The van der Waals surface area contributed by atoms with Gasteiger partial charge in [-0.2, -0.15) is 0 Å². The lowest BCUT2D eigenvalue weighted by atomic mass is 9.91. The summed E-state index contributed by atoms with van der Waals surface area (Å²) in [5.74, 6) is 0.445. The number of carbonyl (C=O) groups excluding carboxylic acids is 1. The molecule has 2 rings (SSSR count). The normalized spacial score (nSPS) is 30.2. The van der Waals surface area contributed by atoms with Gasteiger partial charge in [0.1, 0.15) is 0 Å². The van der Waals surface area contributed by atoms with Crippen molar-refractivity contribution in [3.05, 3.63) is 0 Å². The Bertz CT molecular complexity index is 247. The highest BCUT2D eigenvalue weighted by Crippen LogP contribution is 2.26. The molecule has 2 unspecified atom stereocenters. The lowest BCUT2D eigenvalue weighted by Gasteiger charge is -2.35. The SMILES string of the molecule is NCCOCCN1CCCC2C(=O)NCC21. The number of hydrogen-bond donors (Lipinski definition) is 2. The molecular weight excluding hydrogens is 206 g/mol. The molecule has 2 aliphatic heterocycles. The van der Waals surface area contributed by atoms with Gasteiger partial charge < -0.3 is 15.8 Å². The summed E-state index contributed by atoms with van der Waals surface area (Å²) in [5.41, 5.74) is 5.36. The number of piperidine rings is 1. The van der Waals surface area contributed by atoms with E-state index in [1.807, 2.05) is 0 Å². The summed E-state index contributed by atoms with van der Waals surface area (Å²) in [5, 5.41) is 2.95. The molecule has 5 nitrogen and oxygen atoms in total. The summed E-state index contributed by atoms with van der Waals surface area (Å²) in [6.45, 7) is 4.72. The zero-order valence-electron chi connectivity index (χ0n) is 9.65. The van der Waals surface area contributed by atoms with Crippen molar-refractivity contribution in [1.82, 2.24) is 10.2 Å². The van der Waals surface area contributed by atoms with Gasteiger partial charge in [0.05, 0.1) is 19.1 Å². The van der Waals surface area contributed by atoms with Gasteiger partial charge in [0.2, 0.25) is 5.91 Å². The number of likely N-dealkylation sites (tertiary alicyclic amines) is 1. The summed E-state index contributed by atoms with van der Waals surface area (Å²) in [6, 6.07) is 0.391. The number of nitrogens with zero attached hydrogens (tertiary/aromatic N) is 1. The third kappa shape index (κ3) is 2.53. The van der Waals surface area contributed by atoms with Crippen molar-refractivity contribution in [1.29, 1.82) is 0 Å². The van der Waals surface area contributed by atoms with Gasteiger partial charge in [-0.15, -0.1) is 0 Å². The molecule has 2 heterocycles. The fourth-order valence-electron chi connectivity index (χ4n) is 2.69. The van der Waals surface area contributed by atoms with Crippen molar-refractivity contribution in [2.75, 3.05) is 39.4 Å². The van der Waals surface area contributed by atoms with Crippen LogP contribution >= 0.6 is 0 Å². The second kappa shape index (κ2) is 5.61. The molecule has 1 amide bonds. The van der Waals surface area contributed by atoms with Gasteiger partial charge in [-0.3, -0.25) is 9.69 Å². The molecule has 0 spiro atoms. The first-order valence-corrected chi connectivity index (χ1v) is 6.12. The van der Waals surface area contributed by atoms with Gasteiger partial charge in [-0.05, 0) is 19.4 Å². The Hall–Kier alpha value is -0.650. The summed E-state index contributed by atoms with van der Waals surface area (Å²) < 4.78 is 5.39. The topological polar surface area (TPSA) is 67.6 Å². The van der Waals surface area contributed by atoms with E-state index >= 15 is 0 Å². The first-order chi connectivity index (χ1) is 7.83. The average molecular weight is 227 g/mol. The molecule has 0 bridgehead atoms. The highest BCUT2D eigenvalue weighted by Gasteiger charge is 2.40. The van der Waals surface area contributed by atoms with Crippen molar-refractivity contribution < 1.29 is 9.53 Å². The van der Waals surface area contributed by atoms with Gasteiger partial charge in [-0.1, -0.05) is 0 Å². The van der Waals surface area contributed by atoms with E-state index in [9.17, 15) is 4.79 Å². The Labute approximate surface area is 96.3 Å². The zero-order chi connectivity index (χ0) is 11.4. The van der Waals surface area contributed by atoms with E-state index in [0.29, 0.717) is 25.8 Å². The van der Waals surface area contributed by atoms with E-state index in [1.165, 1.54) is 0 Å². The minimum absolute atomic E-state index is 0.211. The maximum Gasteiger partial charge on any atom is 0.224 e. The molecule has 2 aliphatic rings. The molecule has 0 aromatic heterocycles. The summed E-state index contributed by atoms with van der Waals surface area (Å²) in [6.07, 6.45) is 2.15. The fourth-order valence-corrected chi connectivity index (χ4v) is 2.69. The lowest BCUT2D eigenvalue weighted by molar-refractivity contribution is -0.124. The van der Waals surface area contributed by atoms with Gasteiger partial charge in [0, 0.05) is 25.7 Å². The van der Waals surface area contributed by atoms with Crippen molar-refractivity contribution in [2.45, 2.75) is 18.9 Å². The van der Waals surface area contributed by atoms with Gasteiger partial charge >= 0.3 is 0 Å². The largest absolute Gasteiger partial charge is 0.379 e. The van der Waals surface area contributed by atoms with Crippen LogP contribution in [0.25, 0.3) is 0 Å². The highest BCUT2D eigenvalue weighted by molar-refractivity contribution is 5.82. The van der Waals surface area contributed by atoms with Crippen LogP contribution in [0, 0.1) is 5.92 Å². The molecule has 0 radical (unpaired) electrons. The Morgan fingerprint density at radius 1 is 1.50 bits per heavy atom. The average Bonchev–Trinajstić information content (AvgIpc) is 2.68. The first kappa shape index (κ1) is 11.8.